The molecule has 128 valence electrons. The van der Waals surface area contributed by atoms with Crippen LogP contribution < -0.4 is 0 Å². The highest BCUT2D eigenvalue weighted by Gasteiger charge is 2.25. The van der Waals surface area contributed by atoms with Crippen molar-refractivity contribution in [2.75, 3.05) is 26.8 Å². The number of benzene rings is 1. The standard InChI is InChI=1S/C17H21FN4O2/c1-24-12-13-6-8-21(9-7-13)17(23)16-11-22(20-19-16)10-14-4-2-3-5-15(14)18/h2-5,11,13H,6-10,12H2,1H3. The zero-order chi connectivity index (χ0) is 16.9. The Labute approximate surface area is 140 Å². The molecule has 0 atom stereocenters. The van der Waals surface area contributed by atoms with Crippen LogP contribution in [0.1, 0.15) is 28.9 Å². The summed E-state index contributed by atoms with van der Waals surface area (Å²) in [5.74, 6) is 0.0996. The summed E-state index contributed by atoms with van der Waals surface area (Å²) in [4.78, 5) is 14.3. The monoisotopic (exact) mass is 332 g/mol. The normalized spacial score (nSPS) is 15.7. The Hall–Kier alpha value is -2.28. The lowest BCUT2D eigenvalue weighted by molar-refractivity contribution is 0.0608. The van der Waals surface area contributed by atoms with E-state index in [1.807, 2.05) is 0 Å². The molecule has 1 amide bonds. The van der Waals surface area contributed by atoms with E-state index in [0.717, 1.165) is 19.4 Å². The van der Waals surface area contributed by atoms with E-state index in [1.54, 1.807) is 36.4 Å². The van der Waals surface area contributed by atoms with Crippen LogP contribution in [-0.2, 0) is 11.3 Å². The van der Waals surface area contributed by atoms with Crippen LogP contribution in [0, 0.1) is 11.7 Å². The van der Waals surface area contributed by atoms with Gasteiger partial charge in [0.2, 0.25) is 0 Å². The molecule has 1 aliphatic heterocycles. The van der Waals surface area contributed by atoms with Crippen molar-refractivity contribution in [3.8, 4) is 0 Å². The number of likely N-dealkylation sites (tertiary alicyclic amines) is 1. The second-order valence-electron chi connectivity index (χ2n) is 6.08. The van der Waals surface area contributed by atoms with Crippen LogP contribution in [0.15, 0.2) is 30.5 Å². The number of hydrogen-bond donors (Lipinski definition) is 0. The van der Waals surface area contributed by atoms with Gasteiger partial charge in [0.15, 0.2) is 5.69 Å². The van der Waals surface area contributed by atoms with Gasteiger partial charge in [-0.15, -0.1) is 5.10 Å². The van der Waals surface area contributed by atoms with E-state index in [0.29, 0.717) is 30.3 Å². The molecule has 1 aromatic heterocycles. The molecule has 24 heavy (non-hydrogen) atoms. The van der Waals surface area contributed by atoms with Crippen LogP contribution in [-0.4, -0.2) is 52.6 Å². The van der Waals surface area contributed by atoms with E-state index in [4.69, 9.17) is 4.74 Å². The summed E-state index contributed by atoms with van der Waals surface area (Å²) in [6, 6.07) is 6.51. The number of rotatable bonds is 5. The highest BCUT2D eigenvalue weighted by atomic mass is 19.1. The van der Waals surface area contributed by atoms with Gasteiger partial charge in [-0.2, -0.15) is 0 Å². The number of piperidine rings is 1. The molecule has 6 nitrogen and oxygen atoms in total. The van der Waals surface area contributed by atoms with Gasteiger partial charge in [0.25, 0.3) is 5.91 Å². The van der Waals surface area contributed by atoms with Crippen molar-refractivity contribution in [2.24, 2.45) is 5.92 Å². The topological polar surface area (TPSA) is 60.2 Å². The van der Waals surface area contributed by atoms with Crippen LogP contribution in [0.5, 0.6) is 0 Å². The number of aromatic nitrogens is 3. The zero-order valence-electron chi connectivity index (χ0n) is 13.7. The molecule has 1 aliphatic rings. The summed E-state index contributed by atoms with van der Waals surface area (Å²) >= 11 is 0. The number of methoxy groups -OCH3 is 1. The third-order valence-electron chi connectivity index (χ3n) is 4.35. The van der Waals surface area contributed by atoms with Gasteiger partial charge >= 0.3 is 0 Å². The number of nitrogens with zero attached hydrogens (tertiary/aromatic N) is 4. The molecule has 0 saturated carbocycles. The third-order valence-corrected chi connectivity index (χ3v) is 4.35. The summed E-state index contributed by atoms with van der Waals surface area (Å²) in [7, 11) is 1.70. The molecule has 0 N–H and O–H groups in total. The minimum atomic E-state index is -0.291. The number of halogens is 1. The molecule has 1 saturated heterocycles. The predicted octanol–water partition coefficient (Wildman–Crippen LogP) is 1.96. The van der Waals surface area contributed by atoms with Crippen LogP contribution in [0.3, 0.4) is 0 Å². The molecule has 0 spiro atoms. The lowest BCUT2D eigenvalue weighted by Crippen LogP contribution is -2.39. The Bertz CT molecular complexity index is 695. The van der Waals surface area contributed by atoms with Crippen molar-refractivity contribution >= 4 is 5.91 Å². The summed E-state index contributed by atoms with van der Waals surface area (Å²) in [6.45, 7) is 2.39. The maximum Gasteiger partial charge on any atom is 0.276 e. The van der Waals surface area contributed by atoms with Gasteiger partial charge in [0.1, 0.15) is 5.82 Å². The number of carbonyl (C=O) groups is 1. The van der Waals surface area contributed by atoms with Crippen molar-refractivity contribution in [1.82, 2.24) is 19.9 Å². The van der Waals surface area contributed by atoms with Crippen LogP contribution >= 0.6 is 0 Å². The first-order valence-corrected chi connectivity index (χ1v) is 8.09. The fraction of sp³-hybridized carbons (Fsp3) is 0.471. The molecule has 0 unspecified atom stereocenters. The van der Waals surface area contributed by atoms with Gasteiger partial charge in [-0.25, -0.2) is 9.07 Å². The molecular formula is C17H21FN4O2. The fourth-order valence-corrected chi connectivity index (χ4v) is 2.98. The largest absolute Gasteiger partial charge is 0.384 e. The smallest absolute Gasteiger partial charge is 0.276 e. The van der Waals surface area contributed by atoms with Gasteiger partial charge in [-0.05, 0) is 24.8 Å². The average Bonchev–Trinajstić information content (AvgIpc) is 3.06. The second kappa shape index (κ2) is 7.53. The number of hydrogen-bond acceptors (Lipinski definition) is 4. The van der Waals surface area contributed by atoms with Crippen molar-refractivity contribution < 1.29 is 13.9 Å². The Morgan fingerprint density at radius 1 is 1.33 bits per heavy atom. The summed E-state index contributed by atoms with van der Waals surface area (Å²) in [6.07, 6.45) is 3.45. The van der Waals surface area contributed by atoms with Crippen LogP contribution in [0.4, 0.5) is 4.39 Å². The van der Waals surface area contributed by atoms with Crippen LogP contribution in [0.2, 0.25) is 0 Å². The minimum absolute atomic E-state index is 0.120. The molecule has 1 fully saturated rings. The SMILES string of the molecule is COCC1CCN(C(=O)c2cn(Cc3ccccc3F)nn2)CC1. The Morgan fingerprint density at radius 3 is 2.79 bits per heavy atom. The maximum absolute atomic E-state index is 13.7. The summed E-state index contributed by atoms with van der Waals surface area (Å²) < 4.78 is 20.3. The molecule has 1 aromatic carbocycles. The lowest BCUT2D eigenvalue weighted by atomic mass is 9.97. The van der Waals surface area contributed by atoms with E-state index in [2.05, 4.69) is 10.3 Å². The molecule has 0 aliphatic carbocycles. The molecule has 2 aromatic rings. The molecular weight excluding hydrogens is 311 g/mol. The second-order valence-corrected chi connectivity index (χ2v) is 6.08. The highest BCUT2D eigenvalue weighted by molar-refractivity contribution is 5.91. The highest BCUT2D eigenvalue weighted by Crippen LogP contribution is 2.18. The van der Waals surface area contributed by atoms with E-state index >= 15 is 0 Å². The van der Waals surface area contributed by atoms with Crippen molar-refractivity contribution in [1.29, 1.82) is 0 Å². The molecule has 7 heteroatoms. The fourth-order valence-electron chi connectivity index (χ4n) is 2.98. The first kappa shape index (κ1) is 16.6. The maximum atomic E-state index is 13.7. The Morgan fingerprint density at radius 2 is 2.08 bits per heavy atom. The molecule has 2 heterocycles. The zero-order valence-corrected chi connectivity index (χ0v) is 13.7. The van der Waals surface area contributed by atoms with Crippen molar-refractivity contribution in [3.63, 3.8) is 0 Å². The first-order chi connectivity index (χ1) is 11.7. The molecule has 0 radical (unpaired) electrons. The van der Waals surface area contributed by atoms with Gasteiger partial charge in [0, 0.05) is 32.4 Å². The van der Waals surface area contributed by atoms with Crippen molar-refractivity contribution in [3.05, 3.63) is 47.5 Å². The van der Waals surface area contributed by atoms with Gasteiger partial charge in [-0.3, -0.25) is 4.79 Å². The molecule has 0 bridgehead atoms. The van der Waals surface area contributed by atoms with Crippen molar-refractivity contribution in [2.45, 2.75) is 19.4 Å². The van der Waals surface area contributed by atoms with Gasteiger partial charge in [0.05, 0.1) is 12.7 Å². The summed E-state index contributed by atoms with van der Waals surface area (Å²) in [5.41, 5.74) is 0.818. The predicted molar refractivity (Wildman–Crippen MR) is 86.0 cm³/mol. The molecule has 3 rings (SSSR count). The van der Waals surface area contributed by atoms with E-state index in [9.17, 15) is 9.18 Å². The summed E-state index contributed by atoms with van der Waals surface area (Å²) in [5, 5.41) is 7.89. The number of amides is 1. The number of carbonyl (C=O) groups excluding carboxylic acids is 1. The van der Waals surface area contributed by atoms with Crippen LogP contribution in [0.25, 0.3) is 0 Å². The van der Waals surface area contributed by atoms with E-state index < -0.39 is 0 Å². The first-order valence-electron chi connectivity index (χ1n) is 8.09. The Kier molecular flexibility index (Phi) is 5.20. The van der Waals surface area contributed by atoms with Gasteiger partial charge in [-0.1, -0.05) is 23.4 Å². The average molecular weight is 332 g/mol. The van der Waals surface area contributed by atoms with E-state index in [1.165, 1.54) is 10.7 Å². The number of ether oxygens (including phenoxy) is 1. The quantitative estimate of drug-likeness (QED) is 0.840. The van der Waals surface area contributed by atoms with Gasteiger partial charge < -0.3 is 9.64 Å². The minimum Gasteiger partial charge on any atom is -0.384 e. The van der Waals surface area contributed by atoms with E-state index in [-0.39, 0.29) is 18.3 Å². The third kappa shape index (κ3) is 3.79. The Balaban J connectivity index is 1.61. The lowest BCUT2D eigenvalue weighted by Gasteiger charge is -2.31.